The molecule has 18 nitrogen and oxygen atoms in total. The van der Waals surface area contributed by atoms with Crippen LogP contribution in [0.4, 0.5) is 17.1 Å². The van der Waals surface area contributed by atoms with E-state index in [0.29, 0.717) is 43.7 Å². The Hall–Kier alpha value is -7.32. The molecule has 9 heterocycles. The van der Waals surface area contributed by atoms with Crippen molar-refractivity contribution in [3.05, 3.63) is 161 Å². The highest BCUT2D eigenvalue weighted by Gasteiger charge is 2.67. The minimum atomic E-state index is -0.648. The van der Waals surface area contributed by atoms with E-state index in [-0.39, 0.29) is 83.5 Å². The quantitative estimate of drug-likeness (QED) is 0.0935. The third kappa shape index (κ3) is 11.2. The molecule has 5 aromatic rings. The third-order valence-electron chi connectivity index (χ3n) is 26.9. The van der Waals surface area contributed by atoms with Crippen molar-refractivity contribution in [3.63, 3.8) is 0 Å². The molecular weight excluding hydrogens is 1260 g/mol. The molecule has 12 aliphatic rings. The number of para-hydroxylation sites is 3. The molecule has 17 rings (SSSR count). The van der Waals surface area contributed by atoms with Crippen LogP contribution < -0.4 is 14.7 Å². The van der Waals surface area contributed by atoms with Crippen LogP contribution in [0, 0.1) is 53.3 Å². The summed E-state index contributed by atoms with van der Waals surface area (Å²) in [5.74, 6) is -0.0499. The smallest absolute Gasteiger partial charge is 0.311 e. The zero-order chi connectivity index (χ0) is 69.4. The average Bonchev–Trinajstić information content (AvgIpc) is 1.55. The van der Waals surface area contributed by atoms with Gasteiger partial charge in [0.2, 0.25) is 17.7 Å². The molecule has 9 aliphatic heterocycles. The van der Waals surface area contributed by atoms with Crippen LogP contribution in [0.3, 0.4) is 0 Å². The molecule has 0 aromatic heterocycles. The molecule has 3 spiro atoms. The summed E-state index contributed by atoms with van der Waals surface area (Å²) in [5, 5.41) is 21.2. The van der Waals surface area contributed by atoms with Gasteiger partial charge in [-0.2, -0.15) is 0 Å². The monoisotopic (exact) mass is 1360 g/mol. The van der Waals surface area contributed by atoms with Crippen molar-refractivity contribution >= 4 is 52.7 Å². The summed E-state index contributed by atoms with van der Waals surface area (Å²) in [4.78, 5) is 93.9. The van der Waals surface area contributed by atoms with Gasteiger partial charge in [-0.05, 0) is 185 Å². The van der Waals surface area contributed by atoms with E-state index in [1.54, 1.807) is 4.90 Å². The lowest BCUT2D eigenvalue weighted by molar-refractivity contribution is -0.165. The van der Waals surface area contributed by atoms with E-state index in [1.807, 2.05) is 89.6 Å². The average molecular weight is 1360 g/mol. The van der Waals surface area contributed by atoms with Crippen LogP contribution >= 0.6 is 0 Å². The van der Waals surface area contributed by atoms with Crippen LogP contribution in [-0.2, 0) is 77.1 Å². The summed E-state index contributed by atoms with van der Waals surface area (Å²) in [6, 6.07) is 45.4. The van der Waals surface area contributed by atoms with Gasteiger partial charge in [-0.15, -0.1) is 0 Å². The summed E-state index contributed by atoms with van der Waals surface area (Å²) < 4.78 is 22.0. The van der Waals surface area contributed by atoms with Gasteiger partial charge in [0.1, 0.15) is 0 Å². The summed E-state index contributed by atoms with van der Waals surface area (Å²) in [5.41, 5.74) is 7.12. The number of aliphatic hydroxyl groups is 2. The number of unbranched alkanes of at least 4 members (excludes halogenated alkanes) is 1. The van der Waals surface area contributed by atoms with Crippen molar-refractivity contribution in [1.82, 2.24) is 14.7 Å². The Labute approximate surface area is 588 Å². The fourth-order valence-corrected chi connectivity index (χ4v) is 22.3. The van der Waals surface area contributed by atoms with Gasteiger partial charge in [0.05, 0.1) is 86.8 Å². The summed E-state index contributed by atoms with van der Waals surface area (Å²) >= 11 is 0. The molecule has 3 aliphatic carbocycles. The number of amides is 3. The number of carbonyl (C=O) groups excluding carboxylic acids is 6. The fourth-order valence-electron chi connectivity index (χ4n) is 22.3. The van der Waals surface area contributed by atoms with E-state index in [1.165, 1.54) is 21.3 Å². The normalized spacial score (nSPS) is 35.1. The summed E-state index contributed by atoms with van der Waals surface area (Å²) in [6.45, 7) is 9.42. The molecule has 5 aromatic carbocycles. The SMILES string of the molecule is CCCCN1C(=O)[C@@]2(CCN3C[C@@H]4CC[C@H](O)[C@H](C(=O)OC)[C@H]4C[C@H]32)c2ccccc21.COC(=O)[C@@H]1[C@H]2C[C@@H]3N(CC[C@@]34C(=O)N(C)c3ccccc34)C[C@@H]2CC[C@@H]1O.COC(=O)[C@@H]1[C@H]2C[C@@H]3N(CC[C@@]34C(=O)N(Cc3ccccc3)c3ccccc34)C[C@@H]2CC[C@@H]1OCc1ccccc1. The molecule has 3 amide bonds. The first kappa shape index (κ1) is 68.4. The van der Waals surface area contributed by atoms with E-state index >= 15 is 0 Å². The minimum absolute atomic E-state index is 0.0539. The molecule has 100 heavy (non-hydrogen) atoms. The first-order valence-corrected chi connectivity index (χ1v) is 37.3. The number of ether oxygens (including phenoxy) is 4. The number of nitrogens with zero attached hydrogens (tertiary/aromatic N) is 6. The van der Waals surface area contributed by atoms with Crippen molar-refractivity contribution < 1.29 is 57.9 Å². The summed E-state index contributed by atoms with van der Waals surface area (Å²) in [6.07, 6.45) is 10.4. The number of piperidine rings is 3. The number of rotatable bonds is 11. The molecule has 2 N–H and O–H groups in total. The van der Waals surface area contributed by atoms with Gasteiger partial charge in [-0.3, -0.25) is 43.5 Å². The number of anilines is 3. The van der Waals surface area contributed by atoms with E-state index in [9.17, 15) is 39.0 Å². The number of benzene rings is 5. The predicted octanol–water partition coefficient (Wildman–Crippen LogP) is 9.63. The number of likely N-dealkylation sites (N-methyl/N-ethyl adjacent to an activating group) is 1. The first-order chi connectivity index (χ1) is 48.6. The lowest BCUT2D eigenvalue weighted by Crippen LogP contribution is -2.58. The molecule has 0 bridgehead atoms. The Kier molecular flexibility index (Phi) is 19.0. The maximum absolute atomic E-state index is 14.6. The Balaban J connectivity index is 0.000000125. The molecule has 530 valence electrons. The van der Waals surface area contributed by atoms with E-state index in [0.717, 1.165) is 168 Å². The molecule has 6 saturated heterocycles. The van der Waals surface area contributed by atoms with Gasteiger partial charge >= 0.3 is 17.9 Å². The van der Waals surface area contributed by atoms with Crippen molar-refractivity contribution in [2.75, 3.05) is 88.9 Å². The largest absolute Gasteiger partial charge is 0.469 e. The van der Waals surface area contributed by atoms with Crippen molar-refractivity contribution in [2.24, 2.45) is 53.3 Å². The van der Waals surface area contributed by atoms with E-state index in [4.69, 9.17) is 18.9 Å². The zero-order valence-corrected chi connectivity index (χ0v) is 58.8. The highest BCUT2D eigenvalue weighted by Crippen LogP contribution is 2.60. The molecular formula is C82H100N6O12. The Bertz CT molecular complexity index is 3880. The second-order valence-electron chi connectivity index (χ2n) is 31.1. The van der Waals surface area contributed by atoms with Crippen LogP contribution in [-0.4, -0.2) is 171 Å². The molecule has 18 atom stereocenters. The van der Waals surface area contributed by atoms with Gasteiger partial charge in [-0.25, -0.2) is 0 Å². The number of carbonyl (C=O) groups is 6. The maximum Gasteiger partial charge on any atom is 0.311 e. The van der Waals surface area contributed by atoms with Crippen LogP contribution in [0.25, 0.3) is 0 Å². The highest BCUT2D eigenvalue weighted by atomic mass is 16.5. The van der Waals surface area contributed by atoms with Gasteiger partial charge in [0, 0.05) is 68.4 Å². The highest BCUT2D eigenvalue weighted by molar-refractivity contribution is 6.11. The van der Waals surface area contributed by atoms with Crippen LogP contribution in [0.1, 0.15) is 125 Å². The molecule has 18 heteroatoms. The molecule has 3 saturated carbocycles. The van der Waals surface area contributed by atoms with E-state index in [2.05, 4.69) is 82.3 Å². The van der Waals surface area contributed by atoms with Crippen molar-refractivity contribution in [2.45, 2.75) is 163 Å². The number of fused-ring (bicyclic) bond motifs is 15. The second-order valence-corrected chi connectivity index (χ2v) is 31.1. The first-order valence-electron chi connectivity index (χ1n) is 37.3. The predicted molar refractivity (Wildman–Crippen MR) is 379 cm³/mol. The van der Waals surface area contributed by atoms with Crippen LogP contribution in [0.5, 0.6) is 0 Å². The molecule has 9 fully saturated rings. The van der Waals surface area contributed by atoms with E-state index < -0.39 is 40.3 Å². The summed E-state index contributed by atoms with van der Waals surface area (Å²) in [7, 11) is 6.17. The Morgan fingerprint density at radius 1 is 0.470 bits per heavy atom. The third-order valence-corrected chi connectivity index (χ3v) is 26.9. The Morgan fingerprint density at radius 3 is 1.34 bits per heavy atom. The van der Waals surface area contributed by atoms with Gasteiger partial charge in [0.25, 0.3) is 0 Å². The molecule has 0 radical (unpaired) electrons. The van der Waals surface area contributed by atoms with Gasteiger partial charge in [-0.1, -0.05) is 129 Å². The number of esters is 3. The lowest BCUT2D eigenvalue weighted by Gasteiger charge is -2.50. The Morgan fingerprint density at radius 2 is 0.860 bits per heavy atom. The minimum Gasteiger partial charge on any atom is -0.469 e. The fraction of sp³-hybridized carbons (Fsp3) is 0.561. The van der Waals surface area contributed by atoms with Gasteiger partial charge < -0.3 is 43.9 Å². The number of methoxy groups -OCH3 is 3. The van der Waals surface area contributed by atoms with Crippen molar-refractivity contribution in [1.29, 1.82) is 0 Å². The number of aliphatic hydroxyl groups excluding tert-OH is 2. The van der Waals surface area contributed by atoms with Gasteiger partial charge in [0.15, 0.2) is 0 Å². The number of hydrogen-bond donors (Lipinski definition) is 2. The van der Waals surface area contributed by atoms with Crippen LogP contribution in [0.2, 0.25) is 0 Å². The second kappa shape index (κ2) is 27.8. The topological polar surface area (TPSA) is 199 Å². The van der Waals surface area contributed by atoms with Crippen molar-refractivity contribution in [3.8, 4) is 0 Å². The molecule has 0 unspecified atom stereocenters. The van der Waals surface area contributed by atoms with Crippen LogP contribution in [0.15, 0.2) is 133 Å². The zero-order valence-electron chi connectivity index (χ0n) is 58.8. The standard InChI is InChI=1S/C35H38N2O4.C25H34N2O4.C22H28N2O4/c1-40-33(38)32-27-20-31-35(28-14-8-9-15-29(28)37(34(35)39)21-24-10-4-2-5-11-24)18-19-36(31)22-26(27)16-17-30(32)41-23-25-12-6-3-7-13-25;1-3-4-12-27-19-8-6-5-7-18(19)25(24(27)30)11-13-26-15-16-9-10-20(28)22(23(29)31-2)17(16)14-21(25)26;1-23-16-6-4-3-5-15(16)22(21(23)27)9-10-24-12-13-7-8-17(25)19(20(26)28-2)14(13)11-18(22)24/h2-15,26-27,30-32H,16-23H2,1H3;5-8,16-17,20-22,28H,3-4,9-15H2,1-2H3;3-6,13-14,17-19,25H,7-12H2,1-2H3/t26-,27-,30-,31-,32+,35-;16-,17-,20-,21-,22+,25-;13-,14-,17-,18-,19+,22-/m000/s1. The number of hydrogen-bond acceptors (Lipinski definition) is 15. The maximum atomic E-state index is 14.6. The lowest BCUT2D eigenvalue weighted by atomic mass is 9.62.